The summed E-state index contributed by atoms with van der Waals surface area (Å²) >= 11 is 0. The molecule has 5 rings (SSSR count). The van der Waals surface area contributed by atoms with Gasteiger partial charge < -0.3 is 14.9 Å². The first-order chi connectivity index (χ1) is 20.7. The Hall–Kier alpha value is -4.73. The highest BCUT2D eigenvalue weighted by molar-refractivity contribution is 5.73. The molecule has 0 aliphatic carbocycles. The summed E-state index contributed by atoms with van der Waals surface area (Å²) in [6.07, 6.45) is -2.17. The van der Waals surface area contributed by atoms with Crippen molar-refractivity contribution < 1.29 is 50.9 Å². The van der Waals surface area contributed by atoms with Crippen LogP contribution in [0.15, 0.2) is 67.1 Å². The number of methoxy groups -OCH3 is 1. The number of aliphatic carboxylic acids is 2. The van der Waals surface area contributed by atoms with Gasteiger partial charge >= 0.3 is 24.3 Å². The van der Waals surface area contributed by atoms with Gasteiger partial charge in [-0.1, -0.05) is 18.2 Å². The van der Waals surface area contributed by atoms with Crippen molar-refractivity contribution in [3.8, 4) is 16.9 Å². The Bertz CT molecular complexity index is 1500. The van der Waals surface area contributed by atoms with Gasteiger partial charge in [0.15, 0.2) is 11.5 Å². The van der Waals surface area contributed by atoms with Crippen molar-refractivity contribution in [2.24, 2.45) is 0 Å². The van der Waals surface area contributed by atoms with E-state index < -0.39 is 24.3 Å². The molecule has 0 amide bonds. The van der Waals surface area contributed by atoms with Gasteiger partial charge in [0.05, 0.1) is 7.11 Å². The Morgan fingerprint density at radius 2 is 1.59 bits per heavy atom. The molecule has 0 saturated carbocycles. The van der Waals surface area contributed by atoms with E-state index in [-0.39, 0.29) is 0 Å². The van der Waals surface area contributed by atoms with Gasteiger partial charge in [-0.2, -0.15) is 31.4 Å². The summed E-state index contributed by atoms with van der Waals surface area (Å²) in [5.41, 5.74) is 4.38. The molecule has 1 unspecified atom stereocenters. The number of nitrogens with zero attached hydrogens (tertiary/aromatic N) is 5. The minimum Gasteiger partial charge on any atom is -0.497 e. The molecule has 1 aliphatic rings. The van der Waals surface area contributed by atoms with Crippen LogP contribution in [0, 0.1) is 0 Å². The zero-order valence-corrected chi connectivity index (χ0v) is 23.1. The Balaban J connectivity index is 0.000000317. The zero-order valence-electron chi connectivity index (χ0n) is 23.1. The number of rotatable bonds is 5. The average Bonchev–Trinajstić information content (AvgIpc) is 3.42. The maximum Gasteiger partial charge on any atom is 0.490 e. The monoisotopic (exact) mass is 627 g/mol. The number of hydrogen-bond acceptors (Lipinski definition) is 7. The quantitative estimate of drug-likeness (QED) is 0.278. The molecule has 0 bridgehead atoms. The number of piperidine rings is 1. The molecule has 1 fully saturated rings. The van der Waals surface area contributed by atoms with Crippen LogP contribution in [0.25, 0.3) is 16.8 Å². The zero-order chi connectivity index (χ0) is 32.5. The van der Waals surface area contributed by atoms with Gasteiger partial charge in [-0.15, -0.1) is 0 Å². The standard InChI is InChI=1S/C24H25N5O.2C2HF3O2/c1-30-22-9-6-18(7-10-22)15-28-13-3-5-21(16-28)24-26-23-11-8-20(17-29(23)27-24)19-4-2-12-25-14-19;2*3-2(4,5)1(6)7/h2,4,6-12,14,17,21H,3,5,13,15-16H2,1H3;2*(H,6,7). The lowest BCUT2D eigenvalue weighted by molar-refractivity contribution is -0.193. The highest BCUT2D eigenvalue weighted by Crippen LogP contribution is 2.27. The minimum atomic E-state index is -5.08. The Morgan fingerprint density at radius 3 is 2.14 bits per heavy atom. The lowest BCUT2D eigenvalue weighted by Crippen LogP contribution is -2.34. The van der Waals surface area contributed by atoms with E-state index in [1.165, 1.54) is 5.56 Å². The lowest BCUT2D eigenvalue weighted by atomic mass is 9.97. The number of carboxylic acids is 2. The molecule has 0 spiro atoms. The summed E-state index contributed by atoms with van der Waals surface area (Å²) in [6.45, 7) is 3.04. The van der Waals surface area contributed by atoms with Gasteiger partial charge in [0, 0.05) is 48.7 Å². The molecule has 0 radical (unpaired) electrons. The van der Waals surface area contributed by atoms with Gasteiger partial charge in [-0.3, -0.25) is 9.88 Å². The normalized spacial score (nSPS) is 15.4. The van der Waals surface area contributed by atoms with E-state index in [1.54, 1.807) is 13.3 Å². The summed E-state index contributed by atoms with van der Waals surface area (Å²) in [5.74, 6) is -3.31. The topological polar surface area (TPSA) is 130 Å². The van der Waals surface area contributed by atoms with E-state index in [4.69, 9.17) is 34.6 Å². The molecule has 1 aliphatic heterocycles. The van der Waals surface area contributed by atoms with Crippen molar-refractivity contribution in [3.05, 3.63) is 78.5 Å². The van der Waals surface area contributed by atoms with Crippen molar-refractivity contribution in [2.75, 3.05) is 20.2 Å². The maximum atomic E-state index is 10.6. The third-order valence-corrected chi connectivity index (χ3v) is 6.26. The number of hydrogen-bond donors (Lipinski definition) is 2. The fraction of sp³-hybridized carbons (Fsp3) is 0.321. The minimum absolute atomic E-state index is 0.360. The second-order valence-corrected chi connectivity index (χ2v) is 9.46. The fourth-order valence-electron chi connectivity index (χ4n) is 4.18. The van der Waals surface area contributed by atoms with Crippen LogP contribution in [0.1, 0.15) is 30.1 Å². The summed E-state index contributed by atoms with van der Waals surface area (Å²) in [7, 11) is 1.70. The number of aromatic nitrogens is 4. The van der Waals surface area contributed by atoms with Crippen LogP contribution in [-0.4, -0.2) is 79.2 Å². The van der Waals surface area contributed by atoms with Gasteiger partial charge in [-0.25, -0.2) is 19.1 Å². The van der Waals surface area contributed by atoms with Crippen LogP contribution in [0.3, 0.4) is 0 Å². The summed E-state index contributed by atoms with van der Waals surface area (Å²) in [6, 6.07) is 16.5. The molecule has 1 aromatic carbocycles. The predicted molar refractivity (Wildman–Crippen MR) is 144 cm³/mol. The Labute approximate surface area is 246 Å². The number of pyridine rings is 2. The number of fused-ring (bicyclic) bond motifs is 1. The van der Waals surface area contributed by atoms with E-state index in [1.807, 2.05) is 41.2 Å². The smallest absolute Gasteiger partial charge is 0.490 e. The summed E-state index contributed by atoms with van der Waals surface area (Å²) in [4.78, 5) is 29.3. The van der Waals surface area contributed by atoms with Crippen molar-refractivity contribution in [1.29, 1.82) is 0 Å². The number of carbonyl (C=O) groups is 2. The molecule has 10 nitrogen and oxygen atoms in total. The second kappa shape index (κ2) is 14.6. The van der Waals surface area contributed by atoms with Gasteiger partial charge in [0.25, 0.3) is 0 Å². The van der Waals surface area contributed by atoms with Crippen LogP contribution < -0.4 is 4.74 Å². The predicted octanol–water partition coefficient (Wildman–Crippen LogP) is 5.45. The van der Waals surface area contributed by atoms with Crippen LogP contribution in [0.5, 0.6) is 5.75 Å². The van der Waals surface area contributed by atoms with E-state index in [9.17, 15) is 26.3 Å². The first-order valence-corrected chi connectivity index (χ1v) is 12.9. The Kier molecular flexibility index (Phi) is 11.2. The van der Waals surface area contributed by atoms with Crippen molar-refractivity contribution >= 4 is 17.6 Å². The molecule has 3 aromatic heterocycles. The molecule has 1 saturated heterocycles. The molecule has 2 N–H and O–H groups in total. The first kappa shape index (κ1) is 33.8. The van der Waals surface area contributed by atoms with Crippen molar-refractivity contribution in [2.45, 2.75) is 37.7 Å². The molecule has 4 heterocycles. The largest absolute Gasteiger partial charge is 0.497 e. The second-order valence-electron chi connectivity index (χ2n) is 9.46. The van der Waals surface area contributed by atoms with Gasteiger partial charge in [-0.05, 0) is 55.3 Å². The highest BCUT2D eigenvalue weighted by atomic mass is 19.4. The van der Waals surface area contributed by atoms with Gasteiger partial charge in [0.1, 0.15) is 5.75 Å². The summed E-state index contributed by atoms with van der Waals surface area (Å²) in [5, 5.41) is 19.1. The van der Waals surface area contributed by atoms with E-state index in [2.05, 4.69) is 34.1 Å². The van der Waals surface area contributed by atoms with Crippen molar-refractivity contribution in [3.63, 3.8) is 0 Å². The number of ether oxygens (including phenoxy) is 1. The molecule has 44 heavy (non-hydrogen) atoms. The van der Waals surface area contributed by atoms with Crippen LogP contribution in [-0.2, 0) is 16.1 Å². The Morgan fingerprint density at radius 1 is 0.955 bits per heavy atom. The molecule has 4 aromatic rings. The van der Waals surface area contributed by atoms with Crippen LogP contribution in [0.2, 0.25) is 0 Å². The van der Waals surface area contributed by atoms with Crippen LogP contribution >= 0.6 is 0 Å². The third kappa shape index (κ3) is 9.93. The molecule has 1 atom stereocenters. The summed E-state index contributed by atoms with van der Waals surface area (Å²) < 4.78 is 70.6. The third-order valence-electron chi connectivity index (χ3n) is 6.26. The molecule has 16 heteroatoms. The highest BCUT2D eigenvalue weighted by Gasteiger charge is 2.38. The maximum absolute atomic E-state index is 10.6. The fourth-order valence-corrected chi connectivity index (χ4v) is 4.18. The van der Waals surface area contributed by atoms with Gasteiger partial charge in [0.2, 0.25) is 0 Å². The van der Waals surface area contributed by atoms with E-state index >= 15 is 0 Å². The average molecular weight is 628 g/mol. The van der Waals surface area contributed by atoms with E-state index in [0.717, 1.165) is 60.8 Å². The number of alkyl halides is 6. The van der Waals surface area contributed by atoms with E-state index in [0.29, 0.717) is 5.92 Å². The van der Waals surface area contributed by atoms with Crippen molar-refractivity contribution in [1.82, 2.24) is 24.5 Å². The molecular weight excluding hydrogens is 600 g/mol. The molecular formula is C28H27F6N5O5. The number of likely N-dealkylation sites (tertiary alicyclic amines) is 1. The lowest BCUT2D eigenvalue weighted by Gasteiger charge is -2.31. The number of halogens is 6. The number of carboxylic acid groups (broad SMARTS) is 2. The van der Waals surface area contributed by atoms with Crippen LogP contribution in [0.4, 0.5) is 26.3 Å². The number of benzene rings is 1. The molecule has 236 valence electrons. The first-order valence-electron chi connectivity index (χ1n) is 12.9. The SMILES string of the molecule is COc1ccc(CN2CCCC(c3nc4ccc(-c5cccnc5)cn4n3)C2)cc1.O=C(O)C(F)(F)F.O=C(O)C(F)(F)F.